The summed E-state index contributed by atoms with van der Waals surface area (Å²) in [7, 11) is -2.35. The molecule has 3 atom stereocenters. The second kappa shape index (κ2) is 15.2. The molecule has 2 bridgehead atoms. The molecule has 1 heterocycles. The quantitative estimate of drug-likeness (QED) is 0.137. The van der Waals surface area contributed by atoms with Crippen LogP contribution in [0.3, 0.4) is 0 Å². The van der Waals surface area contributed by atoms with Crippen LogP contribution in [0.5, 0.6) is 0 Å². The van der Waals surface area contributed by atoms with Gasteiger partial charge in [0.15, 0.2) is 17.5 Å². The molecule has 3 unspecified atom stereocenters. The molecular weight excluding hydrogens is 738 g/mol. The smallest absolute Gasteiger partial charge is 0.164 e. The van der Waals surface area contributed by atoms with Crippen molar-refractivity contribution in [3.05, 3.63) is 193 Å². The van der Waals surface area contributed by atoms with E-state index < -0.39 is 7.14 Å². The fraction of sp³-hybridized carbons (Fsp3) is 0.167. The van der Waals surface area contributed by atoms with Gasteiger partial charge in [0.2, 0.25) is 0 Å². The lowest BCUT2D eigenvalue weighted by molar-refractivity contribution is 0.320. The van der Waals surface area contributed by atoms with Gasteiger partial charge in [0.05, 0.1) is 0 Å². The Labute approximate surface area is 347 Å². The van der Waals surface area contributed by atoms with Gasteiger partial charge in [-0.15, -0.1) is 0 Å². The number of fused-ring (bicyclic) bond motifs is 2. The van der Waals surface area contributed by atoms with Crippen molar-refractivity contribution in [1.29, 1.82) is 0 Å². The molecule has 2 aliphatic rings. The third-order valence-electron chi connectivity index (χ3n) is 12.8. The molecule has 8 aromatic rings. The zero-order valence-corrected chi connectivity index (χ0v) is 34.4. The first-order chi connectivity index (χ1) is 28.8. The van der Waals surface area contributed by atoms with Crippen LogP contribution in [-0.2, 0) is 9.98 Å². The van der Waals surface area contributed by atoms with Crippen LogP contribution in [-0.4, -0.2) is 28.3 Å². The van der Waals surface area contributed by atoms with Gasteiger partial charge in [-0.1, -0.05) is 182 Å². The molecule has 7 aromatic carbocycles. The molecule has 0 radical (unpaired) electrons. The van der Waals surface area contributed by atoms with Gasteiger partial charge in [-0.3, -0.25) is 0 Å². The molecule has 0 N–H and O–H groups in total. The molecule has 4 nitrogen and oxygen atoms in total. The maximum absolute atomic E-state index is 12.9. The van der Waals surface area contributed by atoms with Crippen molar-refractivity contribution in [3.63, 3.8) is 0 Å². The highest BCUT2D eigenvalue weighted by Gasteiger charge is 2.52. The minimum atomic E-state index is -2.35. The van der Waals surface area contributed by atoms with Gasteiger partial charge in [0.1, 0.15) is 7.14 Å². The monoisotopic (exact) mass is 783 g/mol. The largest absolute Gasteiger partial charge is 0.319 e. The normalized spacial score (nSPS) is 18.5. The highest BCUT2D eigenvalue weighted by atomic mass is 31.2. The first-order valence-corrected chi connectivity index (χ1v) is 23.4. The molecule has 288 valence electrons. The van der Waals surface area contributed by atoms with Crippen LogP contribution in [0.1, 0.15) is 36.8 Å². The maximum Gasteiger partial charge on any atom is 0.164 e. The van der Waals surface area contributed by atoms with Crippen molar-refractivity contribution in [1.82, 2.24) is 15.0 Å². The number of rotatable bonds is 9. The SMILES string of the molecule is CP(C)(=O)c1cccc(-c2ccc(C3(c4ccc(-c5nc(-c6ccccc6)nc(-c6ccc(-c7ccc(-c8ccccc8)cc7)cc6)n5)cc4)CC4CCC3C4)cc2)c1. The Hall–Kier alpha value is -6.22. The molecule has 10 rings (SSSR count). The topological polar surface area (TPSA) is 55.7 Å². The predicted molar refractivity (Wildman–Crippen MR) is 244 cm³/mol. The Kier molecular flexibility index (Phi) is 9.54. The van der Waals surface area contributed by atoms with E-state index in [1.165, 1.54) is 47.9 Å². The molecule has 5 heteroatoms. The van der Waals surface area contributed by atoms with E-state index in [1.807, 2.05) is 49.7 Å². The Morgan fingerprint density at radius 2 is 0.831 bits per heavy atom. The van der Waals surface area contributed by atoms with E-state index in [1.54, 1.807) is 0 Å². The van der Waals surface area contributed by atoms with Crippen molar-refractivity contribution in [2.24, 2.45) is 11.8 Å². The summed E-state index contributed by atoms with van der Waals surface area (Å²) >= 11 is 0. The standard InChI is InChI=1S/C54H46N3OP/c1-59(2,58)50-15-9-14-46(35-50)42-25-30-47(31-26-42)54(36-37-16-29-49(54)34-37)48-32-27-45(28-33-48)53-56-51(43-12-7-4-8-13-43)55-52(57-53)44-23-21-41(22-24-44)40-19-17-39(18-20-40)38-10-5-3-6-11-38/h3-15,17-28,30-33,35,37,49H,16,29,34,36H2,1-2H3. The molecule has 0 saturated heterocycles. The molecular formula is C54H46N3OP. The molecule has 0 spiro atoms. The van der Waals surface area contributed by atoms with Gasteiger partial charge in [-0.25, -0.2) is 15.0 Å². The molecule has 0 amide bonds. The van der Waals surface area contributed by atoms with Crippen LogP contribution in [0.15, 0.2) is 182 Å². The van der Waals surface area contributed by atoms with Crippen LogP contribution < -0.4 is 5.30 Å². The molecule has 0 aliphatic heterocycles. The first kappa shape index (κ1) is 37.1. The van der Waals surface area contributed by atoms with Gasteiger partial charge >= 0.3 is 0 Å². The van der Waals surface area contributed by atoms with Crippen LogP contribution in [0.2, 0.25) is 0 Å². The lowest BCUT2D eigenvalue weighted by Gasteiger charge is -2.39. The van der Waals surface area contributed by atoms with E-state index in [4.69, 9.17) is 15.0 Å². The molecule has 59 heavy (non-hydrogen) atoms. The molecule has 1 aromatic heterocycles. The highest BCUT2D eigenvalue weighted by Crippen LogP contribution is 2.60. The third-order valence-corrected chi connectivity index (χ3v) is 14.4. The zero-order chi connectivity index (χ0) is 40.0. The summed E-state index contributed by atoms with van der Waals surface area (Å²) in [4.78, 5) is 15.2. The molecule has 2 saturated carbocycles. The van der Waals surface area contributed by atoms with Gasteiger partial charge in [-0.05, 0) is 95.0 Å². The summed E-state index contributed by atoms with van der Waals surface area (Å²) in [5.74, 6) is 3.33. The number of benzene rings is 7. The van der Waals surface area contributed by atoms with E-state index in [0.29, 0.717) is 23.4 Å². The Balaban J connectivity index is 0.971. The van der Waals surface area contributed by atoms with Crippen molar-refractivity contribution >= 4 is 12.4 Å². The molecule has 2 fully saturated rings. The van der Waals surface area contributed by atoms with Crippen LogP contribution >= 0.6 is 7.14 Å². The van der Waals surface area contributed by atoms with E-state index in [0.717, 1.165) is 50.2 Å². The second-order valence-electron chi connectivity index (χ2n) is 16.8. The second-order valence-corrected chi connectivity index (χ2v) is 20.0. The van der Waals surface area contributed by atoms with Gasteiger partial charge in [-0.2, -0.15) is 0 Å². The number of aromatic nitrogens is 3. The van der Waals surface area contributed by atoms with Gasteiger partial charge in [0.25, 0.3) is 0 Å². The maximum atomic E-state index is 12.9. The van der Waals surface area contributed by atoms with Crippen molar-refractivity contribution in [2.45, 2.75) is 31.1 Å². The number of nitrogens with zero attached hydrogens (tertiary/aromatic N) is 3. The summed E-state index contributed by atoms with van der Waals surface area (Å²) in [6.07, 6.45) is 5.03. The predicted octanol–water partition coefficient (Wildman–Crippen LogP) is 13.2. The number of hydrogen-bond donors (Lipinski definition) is 0. The minimum absolute atomic E-state index is 0.0343. The van der Waals surface area contributed by atoms with E-state index >= 15 is 0 Å². The summed E-state index contributed by atoms with van der Waals surface area (Å²) < 4.78 is 12.9. The van der Waals surface area contributed by atoms with Crippen molar-refractivity contribution < 1.29 is 4.57 Å². The van der Waals surface area contributed by atoms with E-state index in [9.17, 15) is 4.57 Å². The zero-order valence-electron chi connectivity index (χ0n) is 33.5. The minimum Gasteiger partial charge on any atom is -0.319 e. The lowest BCUT2D eigenvalue weighted by atomic mass is 9.64. The first-order valence-electron chi connectivity index (χ1n) is 20.8. The Morgan fingerprint density at radius 1 is 0.441 bits per heavy atom. The highest BCUT2D eigenvalue weighted by molar-refractivity contribution is 7.70. The van der Waals surface area contributed by atoms with Crippen LogP contribution in [0, 0.1) is 11.8 Å². The lowest BCUT2D eigenvalue weighted by Crippen LogP contribution is -2.34. The van der Waals surface area contributed by atoms with Crippen molar-refractivity contribution in [2.75, 3.05) is 13.3 Å². The van der Waals surface area contributed by atoms with Crippen molar-refractivity contribution in [3.8, 4) is 67.5 Å². The summed E-state index contributed by atoms with van der Waals surface area (Å²) in [6.45, 7) is 3.68. The van der Waals surface area contributed by atoms with Gasteiger partial charge in [0, 0.05) is 27.4 Å². The fourth-order valence-electron chi connectivity index (χ4n) is 9.75. The average Bonchev–Trinajstić information content (AvgIpc) is 3.93. The van der Waals surface area contributed by atoms with E-state index in [-0.39, 0.29) is 5.41 Å². The fourth-order valence-corrected chi connectivity index (χ4v) is 10.6. The Morgan fingerprint density at radius 3 is 1.29 bits per heavy atom. The third kappa shape index (κ3) is 7.17. The summed E-state index contributed by atoms with van der Waals surface area (Å²) in [5, 5.41) is 0.920. The van der Waals surface area contributed by atoms with Crippen LogP contribution in [0.25, 0.3) is 67.5 Å². The number of hydrogen-bond acceptors (Lipinski definition) is 4. The summed E-state index contributed by atoms with van der Waals surface area (Å²) in [5.41, 5.74) is 12.6. The summed E-state index contributed by atoms with van der Waals surface area (Å²) in [6, 6.07) is 64.5. The van der Waals surface area contributed by atoms with Crippen LogP contribution in [0.4, 0.5) is 0 Å². The molecule has 2 aliphatic carbocycles. The average molecular weight is 784 g/mol. The van der Waals surface area contributed by atoms with Gasteiger partial charge < -0.3 is 4.57 Å². The van der Waals surface area contributed by atoms with E-state index in [2.05, 4.69) is 146 Å². The Bertz CT molecular complexity index is 2800.